The van der Waals surface area contributed by atoms with Crippen molar-refractivity contribution in [3.05, 3.63) is 0 Å². The molecule has 1 N–H and O–H groups in total. The van der Waals surface area contributed by atoms with E-state index < -0.39 is 0 Å². The van der Waals surface area contributed by atoms with E-state index in [1.54, 1.807) is 0 Å². The fourth-order valence-electron chi connectivity index (χ4n) is 2.40. The van der Waals surface area contributed by atoms with E-state index in [0.29, 0.717) is 12.1 Å². The molecule has 2 atom stereocenters. The molecule has 1 heterocycles. The topological polar surface area (TPSA) is 32.3 Å². The van der Waals surface area contributed by atoms with Gasteiger partial charge >= 0.3 is 6.03 Å². The first kappa shape index (κ1) is 9.31. The molecule has 0 aromatic carbocycles. The molecule has 74 valence electrons. The lowest BCUT2D eigenvalue weighted by Crippen LogP contribution is -2.39. The van der Waals surface area contributed by atoms with Gasteiger partial charge in [-0.15, -0.1) is 0 Å². The molecule has 4 heteroatoms. The minimum absolute atomic E-state index is 0.136. The Morgan fingerprint density at radius 1 is 1.46 bits per heavy atom. The molecule has 1 aliphatic carbocycles. The summed E-state index contributed by atoms with van der Waals surface area (Å²) in [6, 6.07) is 1.04. The monoisotopic (exact) mass is 246 g/mol. The van der Waals surface area contributed by atoms with E-state index in [2.05, 4.69) is 21.2 Å². The zero-order valence-electron chi connectivity index (χ0n) is 7.63. The summed E-state index contributed by atoms with van der Waals surface area (Å²) in [5, 5.41) is 3.94. The highest BCUT2D eigenvalue weighted by Crippen LogP contribution is 2.27. The molecule has 1 saturated heterocycles. The van der Waals surface area contributed by atoms with E-state index in [9.17, 15) is 4.79 Å². The lowest BCUT2D eigenvalue weighted by atomic mass is 9.91. The van der Waals surface area contributed by atoms with Crippen molar-refractivity contribution in [2.45, 2.75) is 37.8 Å². The fourth-order valence-corrected chi connectivity index (χ4v) is 2.79. The Kier molecular flexibility index (Phi) is 2.77. The molecular weight excluding hydrogens is 232 g/mol. The Hall–Kier alpha value is -0.250. The second-order valence-electron chi connectivity index (χ2n) is 3.79. The lowest BCUT2D eigenvalue weighted by Gasteiger charge is -2.29. The Bertz CT molecular complexity index is 210. The van der Waals surface area contributed by atoms with Gasteiger partial charge in [0.15, 0.2) is 0 Å². The molecule has 13 heavy (non-hydrogen) atoms. The summed E-state index contributed by atoms with van der Waals surface area (Å²) in [6.07, 6.45) is 4.88. The maximum absolute atomic E-state index is 11.5. The summed E-state index contributed by atoms with van der Waals surface area (Å²) in [7, 11) is 0. The number of carbonyl (C=O) groups excluding carboxylic acids is 1. The average Bonchev–Trinajstić information content (AvgIpc) is 2.44. The minimum Gasteiger partial charge on any atom is -0.333 e. The van der Waals surface area contributed by atoms with Gasteiger partial charge in [-0.25, -0.2) is 4.79 Å². The third-order valence-corrected chi connectivity index (χ3v) is 3.38. The standard InChI is InChI=1S/C9H15BrN2O/c10-5-6-12-8-4-2-1-3-7(8)11-9(12)13/h7-8H,1-6H2,(H,11,13). The fraction of sp³-hybridized carbons (Fsp3) is 0.889. The summed E-state index contributed by atoms with van der Waals surface area (Å²) in [6.45, 7) is 0.840. The van der Waals surface area contributed by atoms with Gasteiger partial charge < -0.3 is 10.2 Å². The number of alkyl halides is 1. The van der Waals surface area contributed by atoms with Crippen molar-refractivity contribution in [1.29, 1.82) is 0 Å². The second kappa shape index (κ2) is 3.86. The van der Waals surface area contributed by atoms with Crippen molar-refractivity contribution in [3.63, 3.8) is 0 Å². The van der Waals surface area contributed by atoms with Crippen LogP contribution in [0.3, 0.4) is 0 Å². The van der Waals surface area contributed by atoms with Crippen molar-refractivity contribution < 1.29 is 4.79 Å². The number of hydrogen-bond donors (Lipinski definition) is 1. The van der Waals surface area contributed by atoms with Gasteiger partial charge in [-0.05, 0) is 12.8 Å². The van der Waals surface area contributed by atoms with E-state index in [1.165, 1.54) is 19.3 Å². The van der Waals surface area contributed by atoms with Crippen LogP contribution in [0.4, 0.5) is 4.79 Å². The number of hydrogen-bond acceptors (Lipinski definition) is 1. The van der Waals surface area contributed by atoms with Crippen molar-refractivity contribution in [3.8, 4) is 0 Å². The molecule has 3 nitrogen and oxygen atoms in total. The van der Waals surface area contributed by atoms with Gasteiger partial charge in [0.1, 0.15) is 0 Å². The zero-order valence-corrected chi connectivity index (χ0v) is 9.22. The van der Waals surface area contributed by atoms with Crippen molar-refractivity contribution >= 4 is 22.0 Å². The van der Waals surface area contributed by atoms with E-state index in [-0.39, 0.29) is 6.03 Å². The zero-order chi connectivity index (χ0) is 9.26. The highest BCUT2D eigenvalue weighted by Gasteiger charge is 2.39. The molecule has 1 saturated carbocycles. The van der Waals surface area contributed by atoms with Crippen LogP contribution in [0.1, 0.15) is 25.7 Å². The second-order valence-corrected chi connectivity index (χ2v) is 4.58. The number of nitrogens with one attached hydrogen (secondary N) is 1. The Morgan fingerprint density at radius 3 is 3.00 bits per heavy atom. The van der Waals surface area contributed by atoms with E-state index >= 15 is 0 Å². The van der Waals surface area contributed by atoms with Crippen molar-refractivity contribution in [2.24, 2.45) is 0 Å². The van der Waals surface area contributed by atoms with Crippen LogP contribution in [0, 0.1) is 0 Å². The average molecular weight is 247 g/mol. The van der Waals surface area contributed by atoms with Gasteiger partial charge in [0.2, 0.25) is 0 Å². The van der Waals surface area contributed by atoms with Crippen LogP contribution >= 0.6 is 15.9 Å². The summed E-state index contributed by atoms with van der Waals surface area (Å²) in [4.78, 5) is 13.5. The molecule has 1 aliphatic heterocycles. The highest BCUT2D eigenvalue weighted by atomic mass is 79.9. The smallest absolute Gasteiger partial charge is 0.318 e. The van der Waals surface area contributed by atoms with Gasteiger partial charge in [0.25, 0.3) is 0 Å². The van der Waals surface area contributed by atoms with Crippen LogP contribution in [0.25, 0.3) is 0 Å². The van der Waals surface area contributed by atoms with Crippen LogP contribution in [0.5, 0.6) is 0 Å². The van der Waals surface area contributed by atoms with Gasteiger partial charge in [-0.3, -0.25) is 0 Å². The number of amides is 2. The molecule has 0 aromatic rings. The third kappa shape index (κ3) is 1.68. The third-order valence-electron chi connectivity index (χ3n) is 3.02. The maximum atomic E-state index is 11.5. The van der Waals surface area contributed by atoms with Crippen LogP contribution in [-0.4, -0.2) is 34.9 Å². The summed E-state index contributed by atoms with van der Waals surface area (Å²) >= 11 is 3.38. The number of nitrogens with zero attached hydrogens (tertiary/aromatic N) is 1. The summed E-state index contributed by atoms with van der Waals surface area (Å²) < 4.78 is 0. The van der Waals surface area contributed by atoms with E-state index in [0.717, 1.165) is 18.3 Å². The largest absolute Gasteiger partial charge is 0.333 e. The quantitative estimate of drug-likeness (QED) is 0.740. The number of urea groups is 1. The first-order chi connectivity index (χ1) is 6.33. The van der Waals surface area contributed by atoms with Crippen molar-refractivity contribution in [1.82, 2.24) is 10.2 Å². The summed E-state index contributed by atoms with van der Waals surface area (Å²) in [5.74, 6) is 0. The van der Waals surface area contributed by atoms with Gasteiger partial charge in [-0.2, -0.15) is 0 Å². The molecule has 0 aromatic heterocycles. The van der Waals surface area contributed by atoms with E-state index in [1.807, 2.05) is 4.90 Å². The first-order valence-electron chi connectivity index (χ1n) is 4.96. The Labute approximate surface area is 87.0 Å². The van der Waals surface area contributed by atoms with Crippen molar-refractivity contribution in [2.75, 3.05) is 11.9 Å². The maximum Gasteiger partial charge on any atom is 0.318 e. The molecule has 2 rings (SSSR count). The Balaban J connectivity index is 2.04. The molecule has 0 spiro atoms. The van der Waals surface area contributed by atoms with Gasteiger partial charge in [0, 0.05) is 11.9 Å². The number of rotatable bonds is 2. The molecule has 0 bridgehead atoms. The predicted octanol–water partition coefficient (Wildman–Crippen LogP) is 1.72. The molecule has 2 aliphatic rings. The SMILES string of the molecule is O=C1NC2CCCCC2N1CCBr. The number of fused-ring (bicyclic) bond motifs is 1. The summed E-state index contributed by atoms with van der Waals surface area (Å²) in [5.41, 5.74) is 0. The first-order valence-corrected chi connectivity index (χ1v) is 6.08. The predicted molar refractivity (Wildman–Crippen MR) is 55.1 cm³/mol. The highest BCUT2D eigenvalue weighted by molar-refractivity contribution is 9.09. The molecule has 2 unspecified atom stereocenters. The molecular formula is C9H15BrN2O. The van der Waals surface area contributed by atoms with Crippen LogP contribution in [-0.2, 0) is 0 Å². The normalized spacial score (nSPS) is 33.0. The number of carbonyl (C=O) groups is 1. The minimum atomic E-state index is 0.136. The van der Waals surface area contributed by atoms with Gasteiger partial charge in [-0.1, -0.05) is 28.8 Å². The molecule has 2 fully saturated rings. The van der Waals surface area contributed by atoms with Crippen LogP contribution in [0.2, 0.25) is 0 Å². The molecule has 0 radical (unpaired) electrons. The van der Waals surface area contributed by atoms with Gasteiger partial charge in [0.05, 0.1) is 12.1 Å². The Morgan fingerprint density at radius 2 is 2.23 bits per heavy atom. The number of halogens is 1. The molecule has 2 amide bonds. The lowest BCUT2D eigenvalue weighted by molar-refractivity contribution is 0.196. The van der Waals surface area contributed by atoms with Crippen LogP contribution in [0.15, 0.2) is 0 Å². The van der Waals surface area contributed by atoms with E-state index in [4.69, 9.17) is 0 Å². The van der Waals surface area contributed by atoms with Crippen LogP contribution < -0.4 is 5.32 Å².